The second kappa shape index (κ2) is 8.29. The van der Waals surface area contributed by atoms with Gasteiger partial charge in [0, 0.05) is 38.2 Å². The normalized spacial score (nSPS) is 26.8. The van der Waals surface area contributed by atoms with Crippen molar-refractivity contribution in [2.45, 2.75) is 39.5 Å². The number of aliphatic imine (C=N–C) groups is 1. The standard InChI is InChI=1S/C14H27N3O.HI/c1-3-5-8-16-13(15-4-2)17-9-6-14(11-17)7-10-18-12-14;/h3-12H2,1-2H3,(H,15,16);1H. The largest absolute Gasteiger partial charge is 0.381 e. The van der Waals surface area contributed by atoms with E-state index in [0.717, 1.165) is 45.4 Å². The average molecular weight is 381 g/mol. The molecule has 2 rings (SSSR count). The Kier molecular flexibility index (Phi) is 7.42. The first-order valence-electron chi connectivity index (χ1n) is 7.41. The van der Waals surface area contributed by atoms with E-state index in [2.05, 4.69) is 24.1 Å². The first-order chi connectivity index (χ1) is 8.79. The van der Waals surface area contributed by atoms with E-state index in [-0.39, 0.29) is 24.0 Å². The SMILES string of the molecule is CCCCN=C(NCC)N1CCC2(CCOC2)C1.I. The Morgan fingerprint density at radius 2 is 2.21 bits per heavy atom. The number of nitrogens with one attached hydrogen (secondary N) is 1. The zero-order chi connectivity index (χ0) is 12.8. The van der Waals surface area contributed by atoms with Crippen LogP contribution in [-0.4, -0.2) is 50.3 Å². The number of hydrogen-bond acceptors (Lipinski definition) is 2. The minimum atomic E-state index is 0. The first-order valence-corrected chi connectivity index (χ1v) is 7.41. The molecular formula is C14H28IN3O. The van der Waals surface area contributed by atoms with Gasteiger partial charge >= 0.3 is 0 Å². The van der Waals surface area contributed by atoms with Crippen molar-refractivity contribution in [3.05, 3.63) is 0 Å². The van der Waals surface area contributed by atoms with Crippen molar-refractivity contribution in [1.29, 1.82) is 0 Å². The summed E-state index contributed by atoms with van der Waals surface area (Å²) in [6.07, 6.45) is 4.86. The van der Waals surface area contributed by atoms with Crippen molar-refractivity contribution in [3.63, 3.8) is 0 Å². The maximum atomic E-state index is 5.58. The molecule has 2 saturated heterocycles. The van der Waals surface area contributed by atoms with Gasteiger partial charge in [0.1, 0.15) is 0 Å². The molecule has 1 N–H and O–H groups in total. The molecular weight excluding hydrogens is 353 g/mol. The third-order valence-electron chi connectivity index (χ3n) is 4.03. The molecule has 1 unspecified atom stereocenters. The number of halogens is 1. The minimum absolute atomic E-state index is 0. The van der Waals surface area contributed by atoms with Crippen LogP contribution in [0.15, 0.2) is 4.99 Å². The highest BCUT2D eigenvalue weighted by Gasteiger charge is 2.42. The van der Waals surface area contributed by atoms with Crippen LogP contribution >= 0.6 is 24.0 Å². The minimum Gasteiger partial charge on any atom is -0.381 e. The number of rotatable bonds is 4. The zero-order valence-corrected chi connectivity index (χ0v) is 14.6. The van der Waals surface area contributed by atoms with Gasteiger partial charge in [-0.1, -0.05) is 13.3 Å². The number of guanidine groups is 1. The maximum Gasteiger partial charge on any atom is 0.193 e. The number of ether oxygens (including phenoxy) is 1. The van der Waals surface area contributed by atoms with Crippen molar-refractivity contribution in [2.75, 3.05) is 39.4 Å². The Morgan fingerprint density at radius 1 is 1.37 bits per heavy atom. The van der Waals surface area contributed by atoms with Crippen LogP contribution in [0.3, 0.4) is 0 Å². The van der Waals surface area contributed by atoms with Crippen molar-refractivity contribution in [3.8, 4) is 0 Å². The highest BCUT2D eigenvalue weighted by Crippen LogP contribution is 2.38. The van der Waals surface area contributed by atoms with E-state index < -0.39 is 0 Å². The van der Waals surface area contributed by atoms with Crippen LogP contribution in [0, 0.1) is 5.41 Å². The summed E-state index contributed by atoms with van der Waals surface area (Å²) >= 11 is 0. The van der Waals surface area contributed by atoms with Gasteiger partial charge in [-0.3, -0.25) is 4.99 Å². The highest BCUT2D eigenvalue weighted by molar-refractivity contribution is 14.0. The molecule has 1 atom stereocenters. The lowest BCUT2D eigenvalue weighted by Crippen LogP contribution is -2.41. The molecule has 0 aromatic carbocycles. The summed E-state index contributed by atoms with van der Waals surface area (Å²) in [5.41, 5.74) is 0.418. The summed E-state index contributed by atoms with van der Waals surface area (Å²) in [5, 5.41) is 3.42. The van der Waals surface area contributed by atoms with E-state index >= 15 is 0 Å². The third-order valence-corrected chi connectivity index (χ3v) is 4.03. The lowest BCUT2D eigenvalue weighted by atomic mass is 9.87. The first kappa shape index (κ1) is 17.0. The summed E-state index contributed by atoms with van der Waals surface area (Å²) in [4.78, 5) is 7.15. The Hall–Kier alpha value is -0.0400. The molecule has 0 saturated carbocycles. The smallest absolute Gasteiger partial charge is 0.193 e. The van der Waals surface area contributed by atoms with Crippen LogP contribution < -0.4 is 5.32 Å². The molecule has 0 bridgehead atoms. The highest BCUT2D eigenvalue weighted by atomic mass is 127. The monoisotopic (exact) mass is 381 g/mol. The van der Waals surface area contributed by atoms with E-state index in [1.165, 1.54) is 25.7 Å². The van der Waals surface area contributed by atoms with Gasteiger partial charge in [-0.05, 0) is 26.2 Å². The molecule has 2 aliphatic rings. The molecule has 0 amide bonds. The summed E-state index contributed by atoms with van der Waals surface area (Å²) in [6, 6.07) is 0. The van der Waals surface area contributed by atoms with Crippen LogP contribution in [0.1, 0.15) is 39.5 Å². The Morgan fingerprint density at radius 3 is 2.84 bits per heavy atom. The second-order valence-corrected chi connectivity index (χ2v) is 5.56. The van der Waals surface area contributed by atoms with Gasteiger partial charge in [0.05, 0.1) is 6.61 Å². The molecule has 2 fully saturated rings. The summed E-state index contributed by atoms with van der Waals surface area (Å²) in [6.45, 7) is 10.4. The van der Waals surface area contributed by atoms with Crippen LogP contribution in [0.2, 0.25) is 0 Å². The molecule has 0 aromatic heterocycles. The summed E-state index contributed by atoms with van der Waals surface area (Å²) < 4.78 is 5.58. The van der Waals surface area contributed by atoms with Crippen molar-refractivity contribution in [2.24, 2.45) is 10.4 Å². The van der Waals surface area contributed by atoms with Crippen LogP contribution in [0.25, 0.3) is 0 Å². The van der Waals surface area contributed by atoms with E-state index in [1.807, 2.05) is 0 Å². The molecule has 5 heteroatoms. The molecule has 112 valence electrons. The maximum absolute atomic E-state index is 5.58. The fourth-order valence-electron chi connectivity index (χ4n) is 2.86. The predicted octanol–water partition coefficient (Wildman–Crippen LogP) is 2.48. The lowest BCUT2D eigenvalue weighted by molar-refractivity contribution is 0.156. The summed E-state index contributed by atoms with van der Waals surface area (Å²) in [7, 11) is 0. The Labute approximate surface area is 134 Å². The van der Waals surface area contributed by atoms with Crippen LogP contribution in [-0.2, 0) is 4.74 Å². The quantitative estimate of drug-likeness (QED) is 0.352. The molecule has 0 aliphatic carbocycles. The van der Waals surface area contributed by atoms with Crippen molar-refractivity contribution >= 4 is 29.9 Å². The zero-order valence-electron chi connectivity index (χ0n) is 12.3. The molecule has 2 aliphatic heterocycles. The number of unbranched alkanes of at least 4 members (excludes halogenated alkanes) is 1. The fraction of sp³-hybridized carbons (Fsp3) is 0.929. The van der Waals surface area contributed by atoms with Gasteiger partial charge in [-0.15, -0.1) is 24.0 Å². The summed E-state index contributed by atoms with van der Waals surface area (Å²) in [5.74, 6) is 1.11. The number of likely N-dealkylation sites (tertiary alicyclic amines) is 1. The molecule has 1 spiro atoms. The van der Waals surface area contributed by atoms with Gasteiger partial charge in [-0.2, -0.15) is 0 Å². The van der Waals surface area contributed by atoms with Crippen molar-refractivity contribution in [1.82, 2.24) is 10.2 Å². The fourth-order valence-corrected chi connectivity index (χ4v) is 2.86. The van der Waals surface area contributed by atoms with E-state index in [9.17, 15) is 0 Å². The molecule has 0 radical (unpaired) electrons. The topological polar surface area (TPSA) is 36.9 Å². The van der Waals surface area contributed by atoms with Gasteiger partial charge < -0.3 is 15.0 Å². The predicted molar refractivity (Wildman–Crippen MR) is 90.4 cm³/mol. The van der Waals surface area contributed by atoms with E-state index in [0.29, 0.717) is 5.41 Å². The van der Waals surface area contributed by atoms with Crippen LogP contribution in [0.4, 0.5) is 0 Å². The molecule has 19 heavy (non-hydrogen) atoms. The molecule has 0 aromatic rings. The average Bonchev–Trinajstić information content (AvgIpc) is 3.00. The number of hydrogen-bond donors (Lipinski definition) is 1. The van der Waals surface area contributed by atoms with Gasteiger partial charge in [-0.25, -0.2) is 0 Å². The molecule has 2 heterocycles. The number of nitrogens with zero attached hydrogens (tertiary/aromatic N) is 2. The van der Waals surface area contributed by atoms with E-state index in [4.69, 9.17) is 9.73 Å². The Bertz CT molecular complexity index is 290. The van der Waals surface area contributed by atoms with Gasteiger partial charge in [0.2, 0.25) is 0 Å². The van der Waals surface area contributed by atoms with Crippen molar-refractivity contribution < 1.29 is 4.74 Å². The lowest BCUT2D eigenvalue weighted by Gasteiger charge is -2.24. The van der Waals surface area contributed by atoms with Crippen LogP contribution in [0.5, 0.6) is 0 Å². The molecule has 4 nitrogen and oxygen atoms in total. The van der Waals surface area contributed by atoms with Gasteiger partial charge in [0.15, 0.2) is 5.96 Å². The van der Waals surface area contributed by atoms with Gasteiger partial charge in [0.25, 0.3) is 0 Å². The third kappa shape index (κ3) is 4.48. The Balaban J connectivity index is 0.00000180. The second-order valence-electron chi connectivity index (χ2n) is 5.56. The van der Waals surface area contributed by atoms with E-state index in [1.54, 1.807) is 0 Å².